The quantitative estimate of drug-likeness (QED) is 0.363. The topological polar surface area (TPSA) is 50.0 Å². The van der Waals surface area contributed by atoms with Gasteiger partial charge in [-0.25, -0.2) is 9.67 Å². The zero-order valence-corrected chi connectivity index (χ0v) is 20.0. The molecular formula is C26H21ClN4OS. The van der Waals surface area contributed by atoms with Gasteiger partial charge in [-0.05, 0) is 43.7 Å². The van der Waals surface area contributed by atoms with Gasteiger partial charge in [0.1, 0.15) is 0 Å². The molecule has 0 atom stereocenters. The Hall–Kier alpha value is -3.48. The molecule has 1 aromatic heterocycles. The minimum atomic E-state index is -0.149. The number of likely N-dealkylation sites (N-methyl/N-ethyl adjacent to an activating group) is 1. The van der Waals surface area contributed by atoms with Crippen LogP contribution in [0.4, 0.5) is 11.4 Å². The van der Waals surface area contributed by atoms with Gasteiger partial charge in [0.25, 0.3) is 5.91 Å². The Kier molecular flexibility index (Phi) is 5.48. The highest BCUT2D eigenvalue weighted by Crippen LogP contribution is 2.29. The van der Waals surface area contributed by atoms with Gasteiger partial charge >= 0.3 is 0 Å². The number of carbonyl (C=O) groups is 1. The number of halogens is 1. The van der Waals surface area contributed by atoms with Gasteiger partial charge in [-0.1, -0.05) is 59.6 Å². The fourth-order valence-corrected chi connectivity index (χ4v) is 4.93. The lowest BCUT2D eigenvalue weighted by molar-refractivity contribution is -0.112. The van der Waals surface area contributed by atoms with Crippen molar-refractivity contribution in [3.8, 4) is 11.3 Å². The first kappa shape index (κ1) is 21.4. The SMILES string of the molecule is Cc1ccc(N=c2scc(-c3cccc(Cl)c3)n2N=C2C(=O)N(C)c3ccccc32)c(C)c1. The van der Waals surface area contributed by atoms with Crippen molar-refractivity contribution in [2.24, 2.45) is 10.1 Å². The highest BCUT2D eigenvalue weighted by Gasteiger charge is 2.31. The van der Waals surface area contributed by atoms with E-state index in [0.29, 0.717) is 15.5 Å². The van der Waals surface area contributed by atoms with E-state index in [1.54, 1.807) is 16.6 Å². The van der Waals surface area contributed by atoms with Gasteiger partial charge in [0, 0.05) is 28.6 Å². The van der Waals surface area contributed by atoms with Crippen LogP contribution in [0.3, 0.4) is 0 Å². The average Bonchev–Trinajstić information content (AvgIpc) is 3.30. The molecular weight excluding hydrogens is 452 g/mol. The Bertz CT molecular complexity index is 1500. The first-order chi connectivity index (χ1) is 15.9. The zero-order chi connectivity index (χ0) is 23.1. The molecule has 0 radical (unpaired) electrons. The molecule has 2 heterocycles. The lowest BCUT2D eigenvalue weighted by Gasteiger charge is -2.08. The largest absolute Gasteiger partial charge is 0.309 e. The van der Waals surface area contributed by atoms with Gasteiger partial charge in [-0.2, -0.15) is 5.10 Å². The average molecular weight is 473 g/mol. The molecule has 1 amide bonds. The summed E-state index contributed by atoms with van der Waals surface area (Å²) in [7, 11) is 1.76. The highest BCUT2D eigenvalue weighted by molar-refractivity contribution is 7.07. The molecule has 0 aliphatic carbocycles. The summed E-state index contributed by atoms with van der Waals surface area (Å²) in [6.07, 6.45) is 0. The fourth-order valence-electron chi connectivity index (χ4n) is 3.90. The van der Waals surface area contributed by atoms with E-state index in [1.165, 1.54) is 16.9 Å². The number of benzene rings is 3. The molecule has 5 rings (SSSR count). The predicted molar refractivity (Wildman–Crippen MR) is 136 cm³/mol. The van der Waals surface area contributed by atoms with Crippen LogP contribution in [-0.4, -0.2) is 23.3 Å². The van der Waals surface area contributed by atoms with E-state index in [2.05, 4.69) is 13.0 Å². The van der Waals surface area contributed by atoms with E-state index >= 15 is 0 Å². The number of aromatic nitrogens is 1. The third kappa shape index (κ3) is 3.92. The summed E-state index contributed by atoms with van der Waals surface area (Å²) in [5.41, 5.74) is 6.87. The van der Waals surface area contributed by atoms with Crippen molar-refractivity contribution in [1.29, 1.82) is 0 Å². The van der Waals surface area contributed by atoms with Crippen molar-refractivity contribution in [2.45, 2.75) is 13.8 Å². The molecule has 0 unspecified atom stereocenters. The molecule has 7 heteroatoms. The lowest BCUT2D eigenvalue weighted by atomic mass is 10.1. The molecule has 0 fully saturated rings. The van der Waals surface area contributed by atoms with Crippen molar-refractivity contribution in [3.63, 3.8) is 0 Å². The third-order valence-corrected chi connectivity index (χ3v) is 6.65. The number of fused-ring (bicyclic) bond motifs is 1. The van der Waals surface area contributed by atoms with E-state index in [1.807, 2.05) is 73.0 Å². The van der Waals surface area contributed by atoms with Crippen LogP contribution in [0.5, 0.6) is 0 Å². The molecule has 0 N–H and O–H groups in total. The Morgan fingerprint density at radius 1 is 0.970 bits per heavy atom. The van der Waals surface area contributed by atoms with Gasteiger partial charge in [0.05, 0.1) is 17.1 Å². The standard InChI is InChI=1S/C26H21ClN4OS/c1-16-11-12-21(17(2)13-16)28-26-31(23(15-33-26)18-7-6-8-19(27)14-18)29-24-20-9-4-5-10-22(20)30(3)25(24)32/h4-15H,1-3H3. The molecule has 0 spiro atoms. The van der Waals surface area contributed by atoms with Crippen molar-refractivity contribution in [3.05, 3.63) is 98.6 Å². The first-order valence-electron chi connectivity index (χ1n) is 10.5. The number of amides is 1. The van der Waals surface area contributed by atoms with E-state index in [0.717, 1.165) is 33.8 Å². The van der Waals surface area contributed by atoms with Crippen LogP contribution in [-0.2, 0) is 4.79 Å². The maximum absolute atomic E-state index is 13.1. The molecule has 33 heavy (non-hydrogen) atoms. The Morgan fingerprint density at radius 2 is 1.79 bits per heavy atom. The second-order valence-corrected chi connectivity index (χ2v) is 9.23. The highest BCUT2D eigenvalue weighted by atomic mass is 35.5. The zero-order valence-electron chi connectivity index (χ0n) is 18.4. The van der Waals surface area contributed by atoms with Crippen LogP contribution in [0.15, 0.2) is 82.2 Å². The number of anilines is 1. The molecule has 1 aliphatic rings. The van der Waals surface area contributed by atoms with Crippen LogP contribution in [0.2, 0.25) is 5.02 Å². The summed E-state index contributed by atoms with van der Waals surface area (Å²) in [5.74, 6) is -0.149. The Balaban J connectivity index is 1.76. The van der Waals surface area contributed by atoms with E-state index < -0.39 is 0 Å². The maximum Gasteiger partial charge on any atom is 0.279 e. The van der Waals surface area contributed by atoms with Gasteiger partial charge in [-0.15, -0.1) is 11.3 Å². The van der Waals surface area contributed by atoms with E-state index in [4.69, 9.17) is 21.7 Å². The second-order valence-electron chi connectivity index (χ2n) is 7.96. The summed E-state index contributed by atoms with van der Waals surface area (Å²) >= 11 is 7.75. The van der Waals surface area contributed by atoms with Crippen LogP contribution in [0.1, 0.15) is 16.7 Å². The van der Waals surface area contributed by atoms with Crippen molar-refractivity contribution < 1.29 is 4.79 Å². The van der Waals surface area contributed by atoms with Crippen molar-refractivity contribution >= 4 is 45.9 Å². The second kappa shape index (κ2) is 8.46. The number of hydrogen-bond donors (Lipinski definition) is 0. The summed E-state index contributed by atoms with van der Waals surface area (Å²) < 4.78 is 1.75. The summed E-state index contributed by atoms with van der Waals surface area (Å²) in [6, 6.07) is 21.4. The molecule has 3 aromatic carbocycles. The minimum Gasteiger partial charge on any atom is -0.309 e. The summed E-state index contributed by atoms with van der Waals surface area (Å²) in [6.45, 7) is 4.10. The predicted octanol–water partition coefficient (Wildman–Crippen LogP) is 5.95. The smallest absolute Gasteiger partial charge is 0.279 e. The van der Waals surface area contributed by atoms with Crippen LogP contribution >= 0.6 is 22.9 Å². The van der Waals surface area contributed by atoms with Gasteiger partial charge in [-0.3, -0.25) is 4.79 Å². The number of rotatable bonds is 3. The number of carbonyl (C=O) groups excluding carboxylic acids is 1. The van der Waals surface area contributed by atoms with Crippen molar-refractivity contribution in [2.75, 3.05) is 11.9 Å². The van der Waals surface area contributed by atoms with Crippen LogP contribution in [0, 0.1) is 13.8 Å². The fraction of sp³-hybridized carbons (Fsp3) is 0.115. The summed E-state index contributed by atoms with van der Waals surface area (Å²) in [5, 5.41) is 7.48. The van der Waals surface area contributed by atoms with Crippen molar-refractivity contribution in [1.82, 2.24) is 4.68 Å². The maximum atomic E-state index is 13.1. The van der Waals surface area contributed by atoms with Gasteiger partial charge < -0.3 is 4.90 Å². The monoisotopic (exact) mass is 472 g/mol. The molecule has 0 bridgehead atoms. The van der Waals surface area contributed by atoms with Gasteiger partial charge in [0.15, 0.2) is 5.71 Å². The third-order valence-electron chi connectivity index (χ3n) is 5.60. The molecule has 164 valence electrons. The number of thiazole rings is 1. The molecule has 4 aromatic rings. The normalized spacial score (nSPS) is 14.9. The Labute approximate surface area is 200 Å². The lowest BCUT2D eigenvalue weighted by Crippen LogP contribution is -2.27. The molecule has 5 nitrogen and oxygen atoms in total. The number of nitrogens with zero attached hydrogens (tertiary/aromatic N) is 4. The number of aryl methyl sites for hydroxylation is 2. The van der Waals surface area contributed by atoms with E-state index in [-0.39, 0.29) is 5.91 Å². The van der Waals surface area contributed by atoms with E-state index in [9.17, 15) is 4.79 Å². The van der Waals surface area contributed by atoms with Crippen LogP contribution in [0.25, 0.3) is 11.3 Å². The number of para-hydroxylation sites is 1. The Morgan fingerprint density at radius 3 is 2.58 bits per heavy atom. The molecule has 0 saturated heterocycles. The molecule has 1 aliphatic heterocycles. The van der Waals surface area contributed by atoms with Gasteiger partial charge in [0.2, 0.25) is 4.80 Å². The summed E-state index contributed by atoms with van der Waals surface area (Å²) in [4.78, 5) is 20.3. The minimum absolute atomic E-state index is 0.149. The number of hydrogen-bond acceptors (Lipinski definition) is 4. The first-order valence-corrected chi connectivity index (χ1v) is 11.7. The van der Waals surface area contributed by atoms with Crippen LogP contribution < -0.4 is 9.70 Å². The molecule has 0 saturated carbocycles.